The minimum Gasteiger partial charge on any atom is -0.351 e. The largest absolute Gasteiger partial charge is 0.426 e. The number of hydrogen-bond donors (Lipinski definition) is 3. The van der Waals surface area contributed by atoms with E-state index in [0.29, 0.717) is 31.5 Å². The van der Waals surface area contributed by atoms with E-state index in [9.17, 15) is 23.6 Å². The van der Waals surface area contributed by atoms with Gasteiger partial charge in [-0.15, -0.1) is 5.06 Å². The van der Waals surface area contributed by atoms with E-state index >= 15 is 0 Å². The van der Waals surface area contributed by atoms with E-state index in [1.54, 1.807) is 30.3 Å². The van der Waals surface area contributed by atoms with Crippen molar-refractivity contribution in [2.24, 2.45) is 11.1 Å². The molecule has 0 aromatic heterocycles. The van der Waals surface area contributed by atoms with Gasteiger partial charge in [0, 0.05) is 30.8 Å². The third-order valence-corrected chi connectivity index (χ3v) is 6.53. The Labute approximate surface area is 185 Å². The average molecular weight is 447 g/mol. The zero-order valence-electron chi connectivity index (χ0n) is 17.7. The van der Waals surface area contributed by atoms with Crippen molar-refractivity contribution in [1.82, 2.24) is 15.7 Å². The highest BCUT2D eigenvalue weighted by atomic mass is 19.3. The first kappa shape index (κ1) is 22.4. The maximum atomic E-state index is 14.8. The van der Waals surface area contributed by atoms with Gasteiger partial charge in [0.1, 0.15) is 11.6 Å². The summed E-state index contributed by atoms with van der Waals surface area (Å²) < 4.78 is 29.6. The minimum absolute atomic E-state index is 0.0368. The SMILES string of the molecule is N#CC1(NC(=O)[C@H](CC(F)(F)Cc2ccccc2)NC(=O)ON2CC(N)C3(CC3)C2)CC1. The number of rotatable bonds is 8. The molecule has 1 aliphatic heterocycles. The van der Waals surface area contributed by atoms with Gasteiger partial charge in [0.15, 0.2) is 0 Å². The number of carbonyl (C=O) groups is 2. The summed E-state index contributed by atoms with van der Waals surface area (Å²) in [4.78, 5) is 30.4. The highest BCUT2D eigenvalue weighted by molar-refractivity contribution is 5.86. The summed E-state index contributed by atoms with van der Waals surface area (Å²) in [7, 11) is 0. The number of nitrogens with zero attached hydrogens (tertiary/aromatic N) is 2. The highest BCUT2D eigenvalue weighted by Crippen LogP contribution is 2.51. The number of alkyl halides is 2. The molecule has 0 bridgehead atoms. The molecule has 3 aliphatic rings. The first-order valence-corrected chi connectivity index (χ1v) is 10.8. The van der Waals surface area contributed by atoms with Gasteiger partial charge in [-0.1, -0.05) is 30.3 Å². The molecule has 10 heteroatoms. The maximum absolute atomic E-state index is 14.8. The molecular formula is C22H27F2N5O3. The van der Waals surface area contributed by atoms with Gasteiger partial charge >= 0.3 is 6.09 Å². The minimum atomic E-state index is -3.27. The summed E-state index contributed by atoms with van der Waals surface area (Å²) in [6.07, 6.45) is 0.314. The highest BCUT2D eigenvalue weighted by Gasteiger charge is 2.55. The lowest BCUT2D eigenvalue weighted by Gasteiger charge is -2.25. The topological polar surface area (TPSA) is 120 Å². The van der Waals surface area contributed by atoms with Crippen LogP contribution < -0.4 is 16.4 Å². The van der Waals surface area contributed by atoms with Crippen molar-refractivity contribution in [2.75, 3.05) is 13.1 Å². The molecule has 2 atom stereocenters. The van der Waals surface area contributed by atoms with Gasteiger partial charge in [0.05, 0.1) is 12.6 Å². The normalized spacial score (nSPS) is 23.8. The fourth-order valence-electron chi connectivity index (χ4n) is 4.18. The number of nitrogens with two attached hydrogens (primary N) is 1. The van der Waals surface area contributed by atoms with E-state index in [1.165, 1.54) is 5.06 Å². The predicted octanol–water partition coefficient (Wildman–Crippen LogP) is 1.86. The Kier molecular flexibility index (Phi) is 5.81. The Morgan fingerprint density at radius 1 is 1.28 bits per heavy atom. The second-order valence-electron chi connectivity index (χ2n) is 9.27. The molecule has 2 aliphatic carbocycles. The molecule has 3 fully saturated rings. The number of nitrogens with one attached hydrogen (secondary N) is 2. The van der Waals surface area contributed by atoms with Crippen molar-refractivity contribution in [3.05, 3.63) is 35.9 Å². The molecular weight excluding hydrogens is 420 g/mol. The van der Waals surface area contributed by atoms with Crippen LogP contribution in [0, 0.1) is 16.7 Å². The Morgan fingerprint density at radius 3 is 2.53 bits per heavy atom. The summed E-state index contributed by atoms with van der Waals surface area (Å²) >= 11 is 0. The smallest absolute Gasteiger partial charge is 0.351 e. The van der Waals surface area contributed by atoms with Gasteiger partial charge < -0.3 is 21.2 Å². The number of halogens is 2. The molecule has 1 aromatic carbocycles. The number of nitriles is 1. The zero-order chi connectivity index (χ0) is 23.0. The predicted molar refractivity (Wildman–Crippen MR) is 110 cm³/mol. The second kappa shape index (κ2) is 8.30. The fraction of sp³-hybridized carbons (Fsp3) is 0.591. The molecule has 32 heavy (non-hydrogen) atoms. The standard InChI is InChI=1S/C22H27F2N5O3/c23-22(24,10-15-4-2-1-3-5-15)11-16(18(30)28-21(13-25)8-9-21)27-19(31)32-29-12-17(26)20(14-29)6-7-20/h1-5,16-17H,6-12,14,26H2,(H,27,31)(H,28,30)/t16-,17?/m0/s1. The molecule has 1 heterocycles. The van der Waals surface area contributed by atoms with Crippen molar-refractivity contribution in [2.45, 2.75) is 62.1 Å². The van der Waals surface area contributed by atoms with Crippen LogP contribution in [0.15, 0.2) is 30.3 Å². The average Bonchev–Trinajstić information content (AvgIpc) is 3.63. The van der Waals surface area contributed by atoms with E-state index in [0.717, 1.165) is 12.8 Å². The molecule has 1 spiro atoms. The van der Waals surface area contributed by atoms with E-state index in [1.807, 2.05) is 6.07 Å². The van der Waals surface area contributed by atoms with Crippen molar-refractivity contribution in [3.8, 4) is 6.07 Å². The van der Waals surface area contributed by atoms with Gasteiger partial charge in [-0.05, 0) is 31.2 Å². The van der Waals surface area contributed by atoms with Gasteiger partial charge in [0.2, 0.25) is 5.91 Å². The van der Waals surface area contributed by atoms with E-state index in [2.05, 4.69) is 10.6 Å². The molecule has 4 rings (SSSR count). The lowest BCUT2D eigenvalue weighted by molar-refractivity contribution is -0.127. The first-order chi connectivity index (χ1) is 15.1. The summed E-state index contributed by atoms with van der Waals surface area (Å²) in [6.45, 7) is 0.839. The summed E-state index contributed by atoms with van der Waals surface area (Å²) in [5.74, 6) is -4.10. The number of amides is 2. The van der Waals surface area contributed by atoms with E-state index in [-0.39, 0.29) is 11.5 Å². The number of hydroxylamine groups is 2. The van der Waals surface area contributed by atoms with Crippen LogP contribution in [-0.4, -0.2) is 53.7 Å². The molecule has 1 aromatic rings. The molecule has 1 saturated heterocycles. The van der Waals surface area contributed by atoms with Crippen LogP contribution in [0.5, 0.6) is 0 Å². The number of hydrogen-bond acceptors (Lipinski definition) is 6. The van der Waals surface area contributed by atoms with Crippen molar-refractivity contribution >= 4 is 12.0 Å². The van der Waals surface area contributed by atoms with Gasteiger partial charge in [-0.3, -0.25) is 4.79 Å². The van der Waals surface area contributed by atoms with Gasteiger partial charge in [-0.25, -0.2) is 13.6 Å². The van der Waals surface area contributed by atoms with Crippen molar-refractivity contribution in [1.29, 1.82) is 5.26 Å². The number of benzene rings is 1. The van der Waals surface area contributed by atoms with Crippen LogP contribution in [-0.2, 0) is 16.1 Å². The molecule has 0 radical (unpaired) electrons. The Bertz CT molecular complexity index is 912. The molecule has 172 valence electrons. The molecule has 8 nitrogen and oxygen atoms in total. The third kappa shape index (κ3) is 5.16. The quantitative estimate of drug-likeness (QED) is 0.560. The van der Waals surface area contributed by atoms with Crippen LogP contribution in [0.3, 0.4) is 0 Å². The molecule has 2 amide bonds. The summed E-state index contributed by atoms with van der Waals surface area (Å²) in [5.41, 5.74) is 5.42. The number of carbonyl (C=O) groups excluding carboxylic acids is 2. The lowest BCUT2D eigenvalue weighted by Crippen LogP contribution is -2.53. The maximum Gasteiger partial charge on any atom is 0.426 e. The Balaban J connectivity index is 1.40. The Hall–Kier alpha value is -2.77. The van der Waals surface area contributed by atoms with Crippen molar-refractivity contribution in [3.63, 3.8) is 0 Å². The molecule has 4 N–H and O–H groups in total. The van der Waals surface area contributed by atoms with E-state index in [4.69, 9.17) is 10.6 Å². The fourth-order valence-corrected chi connectivity index (χ4v) is 4.18. The molecule has 2 saturated carbocycles. The van der Waals surface area contributed by atoms with Crippen LogP contribution in [0.25, 0.3) is 0 Å². The van der Waals surface area contributed by atoms with Gasteiger partial charge in [-0.2, -0.15) is 5.26 Å². The van der Waals surface area contributed by atoms with Crippen LogP contribution in [0.1, 0.15) is 37.7 Å². The summed E-state index contributed by atoms with van der Waals surface area (Å²) in [5, 5.41) is 15.4. The Morgan fingerprint density at radius 2 is 1.97 bits per heavy atom. The zero-order valence-corrected chi connectivity index (χ0v) is 17.7. The summed E-state index contributed by atoms with van der Waals surface area (Å²) in [6, 6.07) is 8.50. The van der Waals surface area contributed by atoms with Crippen LogP contribution in [0.2, 0.25) is 0 Å². The lowest BCUT2D eigenvalue weighted by atomic mass is 10.00. The van der Waals surface area contributed by atoms with Crippen molar-refractivity contribution < 1.29 is 23.2 Å². The molecule has 1 unspecified atom stereocenters. The third-order valence-electron chi connectivity index (χ3n) is 6.53. The van der Waals surface area contributed by atoms with E-state index < -0.39 is 42.3 Å². The monoisotopic (exact) mass is 447 g/mol. The second-order valence-corrected chi connectivity index (χ2v) is 9.27. The van der Waals surface area contributed by atoms with Gasteiger partial charge in [0.25, 0.3) is 5.92 Å². The van der Waals surface area contributed by atoms with Crippen LogP contribution in [0.4, 0.5) is 13.6 Å². The van der Waals surface area contributed by atoms with Crippen LogP contribution >= 0.6 is 0 Å². The first-order valence-electron chi connectivity index (χ1n) is 10.8.